The van der Waals surface area contributed by atoms with Crippen LogP contribution in [0.2, 0.25) is 0 Å². The highest BCUT2D eigenvalue weighted by atomic mass is 19.2. The van der Waals surface area contributed by atoms with Gasteiger partial charge in [-0.15, -0.1) is 0 Å². The summed E-state index contributed by atoms with van der Waals surface area (Å²) in [4.78, 5) is 0. The van der Waals surface area contributed by atoms with Crippen LogP contribution in [0.25, 0.3) is 0 Å². The molecule has 0 aromatic heterocycles. The number of hydrogen-bond donors (Lipinski definition) is 0. The molecule has 1 saturated carbocycles. The summed E-state index contributed by atoms with van der Waals surface area (Å²) in [5.41, 5.74) is 2.99. The predicted octanol–water partition coefficient (Wildman–Crippen LogP) is 5.96. The average molecular weight is 280 g/mol. The number of rotatable bonds is 3. The van der Waals surface area contributed by atoms with E-state index < -0.39 is 11.6 Å². The van der Waals surface area contributed by atoms with Crippen molar-refractivity contribution in [2.24, 2.45) is 5.92 Å². The van der Waals surface area contributed by atoms with Gasteiger partial charge in [0.25, 0.3) is 0 Å². The van der Waals surface area contributed by atoms with Crippen molar-refractivity contribution in [3.8, 4) is 0 Å². The fourth-order valence-corrected chi connectivity index (χ4v) is 3.73. The number of benzene rings is 1. The van der Waals surface area contributed by atoms with E-state index >= 15 is 0 Å². The van der Waals surface area contributed by atoms with Crippen molar-refractivity contribution in [3.05, 3.63) is 33.9 Å². The third-order valence-corrected chi connectivity index (χ3v) is 5.24. The second-order valence-electron chi connectivity index (χ2n) is 6.42. The zero-order valence-corrected chi connectivity index (χ0v) is 13.2. The van der Waals surface area contributed by atoms with Crippen LogP contribution >= 0.6 is 0 Å². The molecule has 0 bridgehead atoms. The summed E-state index contributed by atoms with van der Waals surface area (Å²) in [5.74, 6) is -0.240. The molecular formula is C18H26F2. The van der Waals surface area contributed by atoms with Gasteiger partial charge in [-0.25, -0.2) is 8.78 Å². The summed E-state index contributed by atoms with van der Waals surface area (Å²) >= 11 is 0. The average Bonchev–Trinajstić information content (AvgIpc) is 2.45. The van der Waals surface area contributed by atoms with Crippen molar-refractivity contribution < 1.29 is 8.78 Å². The van der Waals surface area contributed by atoms with Gasteiger partial charge in [-0.3, -0.25) is 0 Å². The lowest BCUT2D eigenvalue weighted by molar-refractivity contribution is 0.302. The highest BCUT2D eigenvalue weighted by Crippen LogP contribution is 2.41. The van der Waals surface area contributed by atoms with Crippen molar-refractivity contribution >= 4 is 0 Å². The minimum atomic E-state index is -0.640. The SMILES string of the molecule is CCCC1CCC(c2c(C)c(C)c(C)c(F)c2F)CC1. The monoisotopic (exact) mass is 280 g/mol. The fraction of sp³-hybridized carbons (Fsp3) is 0.667. The normalized spacial score (nSPS) is 23.1. The number of hydrogen-bond acceptors (Lipinski definition) is 0. The molecule has 2 heteroatoms. The summed E-state index contributed by atoms with van der Waals surface area (Å²) < 4.78 is 28.4. The van der Waals surface area contributed by atoms with Crippen LogP contribution in [-0.4, -0.2) is 0 Å². The van der Waals surface area contributed by atoms with E-state index in [-0.39, 0.29) is 5.92 Å². The Labute approximate surface area is 121 Å². The first-order chi connectivity index (χ1) is 9.47. The molecule has 0 atom stereocenters. The molecule has 1 aromatic carbocycles. The van der Waals surface area contributed by atoms with E-state index in [0.717, 1.165) is 42.7 Å². The van der Waals surface area contributed by atoms with Crippen LogP contribution in [0.5, 0.6) is 0 Å². The summed E-state index contributed by atoms with van der Waals surface area (Å²) in [6.07, 6.45) is 6.82. The van der Waals surface area contributed by atoms with Gasteiger partial charge in [-0.1, -0.05) is 19.8 Å². The lowest BCUT2D eigenvalue weighted by Crippen LogP contribution is -2.17. The van der Waals surface area contributed by atoms with E-state index in [1.165, 1.54) is 12.8 Å². The molecule has 0 N–H and O–H groups in total. The van der Waals surface area contributed by atoms with Gasteiger partial charge in [0.05, 0.1) is 0 Å². The minimum Gasteiger partial charge on any atom is -0.203 e. The molecule has 0 spiro atoms. The highest BCUT2D eigenvalue weighted by Gasteiger charge is 2.28. The Morgan fingerprint density at radius 2 is 1.45 bits per heavy atom. The molecule has 0 radical (unpaired) electrons. The molecule has 2 rings (SSSR count). The first kappa shape index (κ1) is 15.5. The number of halogens is 2. The van der Waals surface area contributed by atoms with E-state index in [0.29, 0.717) is 11.1 Å². The third-order valence-electron chi connectivity index (χ3n) is 5.24. The first-order valence-electron chi connectivity index (χ1n) is 7.91. The Bertz CT molecular complexity index is 454. The van der Waals surface area contributed by atoms with Crippen molar-refractivity contribution in [3.63, 3.8) is 0 Å². The fourth-order valence-electron chi connectivity index (χ4n) is 3.73. The van der Waals surface area contributed by atoms with Crippen molar-refractivity contribution in [2.75, 3.05) is 0 Å². The molecule has 0 saturated heterocycles. The molecule has 0 nitrogen and oxygen atoms in total. The van der Waals surface area contributed by atoms with Crippen molar-refractivity contribution in [1.29, 1.82) is 0 Å². The van der Waals surface area contributed by atoms with E-state index in [1.807, 2.05) is 13.8 Å². The molecule has 20 heavy (non-hydrogen) atoms. The summed E-state index contributed by atoms with van der Waals surface area (Å²) in [6.45, 7) is 7.73. The van der Waals surface area contributed by atoms with E-state index in [1.54, 1.807) is 6.92 Å². The van der Waals surface area contributed by atoms with Gasteiger partial charge in [-0.05, 0) is 80.5 Å². The van der Waals surface area contributed by atoms with Crippen molar-refractivity contribution in [1.82, 2.24) is 0 Å². The minimum absolute atomic E-state index is 0.205. The second kappa shape index (κ2) is 6.24. The third kappa shape index (κ3) is 2.75. The van der Waals surface area contributed by atoms with E-state index in [2.05, 4.69) is 6.92 Å². The first-order valence-corrected chi connectivity index (χ1v) is 7.91. The van der Waals surface area contributed by atoms with Crippen molar-refractivity contribution in [2.45, 2.75) is 72.1 Å². The maximum absolute atomic E-state index is 14.4. The molecule has 1 fully saturated rings. The Hall–Kier alpha value is -0.920. The van der Waals surface area contributed by atoms with E-state index in [4.69, 9.17) is 0 Å². The molecular weight excluding hydrogens is 254 g/mol. The van der Waals surface area contributed by atoms with Gasteiger partial charge in [0.1, 0.15) is 0 Å². The second-order valence-corrected chi connectivity index (χ2v) is 6.42. The quantitative estimate of drug-likeness (QED) is 0.640. The summed E-state index contributed by atoms with van der Waals surface area (Å²) in [5, 5.41) is 0. The van der Waals surface area contributed by atoms with Gasteiger partial charge in [0, 0.05) is 0 Å². The Balaban J connectivity index is 2.26. The topological polar surface area (TPSA) is 0 Å². The standard InChI is InChI=1S/C18H26F2/c1-5-6-14-7-9-15(10-8-14)16-12(3)11(2)13(4)17(19)18(16)20/h14-15H,5-10H2,1-4H3. The molecule has 0 amide bonds. The van der Waals surface area contributed by atoms with Gasteiger partial charge < -0.3 is 0 Å². The molecule has 0 unspecified atom stereocenters. The van der Waals surface area contributed by atoms with Crippen LogP contribution in [0.15, 0.2) is 0 Å². The Kier molecular flexibility index (Phi) is 4.82. The van der Waals surface area contributed by atoms with Crippen LogP contribution in [0.3, 0.4) is 0 Å². The maximum atomic E-state index is 14.4. The lowest BCUT2D eigenvalue weighted by atomic mass is 9.75. The molecule has 1 aliphatic carbocycles. The predicted molar refractivity (Wildman–Crippen MR) is 80.2 cm³/mol. The van der Waals surface area contributed by atoms with Gasteiger partial charge in [0.2, 0.25) is 0 Å². The van der Waals surface area contributed by atoms with Gasteiger partial charge in [-0.2, -0.15) is 0 Å². The van der Waals surface area contributed by atoms with E-state index in [9.17, 15) is 8.78 Å². The van der Waals surface area contributed by atoms with Crippen LogP contribution in [0.1, 0.15) is 73.6 Å². The molecule has 0 aliphatic heterocycles. The Morgan fingerprint density at radius 1 is 0.850 bits per heavy atom. The van der Waals surface area contributed by atoms with Gasteiger partial charge in [0.15, 0.2) is 11.6 Å². The highest BCUT2D eigenvalue weighted by molar-refractivity contribution is 5.42. The van der Waals surface area contributed by atoms with Crippen LogP contribution in [0.4, 0.5) is 8.78 Å². The smallest absolute Gasteiger partial charge is 0.162 e. The van der Waals surface area contributed by atoms with Gasteiger partial charge >= 0.3 is 0 Å². The molecule has 112 valence electrons. The molecule has 0 heterocycles. The zero-order chi connectivity index (χ0) is 14.9. The zero-order valence-electron chi connectivity index (χ0n) is 13.2. The molecule has 1 aromatic rings. The largest absolute Gasteiger partial charge is 0.203 e. The van der Waals surface area contributed by atoms with Crippen LogP contribution in [-0.2, 0) is 0 Å². The summed E-state index contributed by atoms with van der Waals surface area (Å²) in [6, 6.07) is 0. The van der Waals surface area contributed by atoms with Crippen LogP contribution in [0, 0.1) is 38.3 Å². The summed E-state index contributed by atoms with van der Waals surface area (Å²) in [7, 11) is 0. The lowest BCUT2D eigenvalue weighted by Gasteiger charge is -2.30. The maximum Gasteiger partial charge on any atom is 0.162 e. The molecule has 1 aliphatic rings. The van der Waals surface area contributed by atoms with Crippen LogP contribution < -0.4 is 0 Å². The Morgan fingerprint density at radius 3 is 2.00 bits per heavy atom.